The van der Waals surface area contributed by atoms with Gasteiger partial charge in [-0.25, -0.2) is 0 Å². The van der Waals surface area contributed by atoms with E-state index in [0.717, 1.165) is 50.4 Å². The number of aryl methyl sites for hydroxylation is 1. The minimum absolute atomic E-state index is 0.648. The van der Waals surface area contributed by atoms with Crippen molar-refractivity contribution in [3.05, 3.63) is 23.8 Å². The highest BCUT2D eigenvalue weighted by atomic mass is 16.5. The maximum Gasteiger partial charge on any atom is 0.142 e. The second-order valence-corrected chi connectivity index (χ2v) is 4.51. The fourth-order valence-corrected chi connectivity index (χ4v) is 1.92. The zero-order valence-electron chi connectivity index (χ0n) is 12.1. The Morgan fingerprint density at radius 3 is 2.68 bits per heavy atom. The van der Waals surface area contributed by atoms with Gasteiger partial charge in [0.15, 0.2) is 0 Å². The van der Waals surface area contributed by atoms with Gasteiger partial charge in [0.2, 0.25) is 0 Å². The lowest BCUT2D eigenvalue weighted by Crippen LogP contribution is -2.18. The van der Waals surface area contributed by atoms with Crippen LogP contribution in [-0.2, 0) is 11.2 Å². The SMILES string of the molecule is CCOc1ccc(CCCNCCCOC)cc1N. The minimum Gasteiger partial charge on any atom is -0.492 e. The second-order valence-electron chi connectivity index (χ2n) is 4.51. The van der Waals surface area contributed by atoms with Gasteiger partial charge in [-0.15, -0.1) is 0 Å². The van der Waals surface area contributed by atoms with E-state index in [1.54, 1.807) is 7.11 Å². The molecule has 1 rings (SSSR count). The molecule has 0 saturated carbocycles. The third-order valence-electron chi connectivity index (χ3n) is 2.90. The molecular weight excluding hydrogens is 240 g/mol. The van der Waals surface area contributed by atoms with Crippen molar-refractivity contribution in [3.8, 4) is 5.75 Å². The number of ether oxygens (including phenoxy) is 2. The van der Waals surface area contributed by atoms with Crippen LogP contribution < -0.4 is 15.8 Å². The quantitative estimate of drug-likeness (QED) is 0.503. The van der Waals surface area contributed by atoms with E-state index in [9.17, 15) is 0 Å². The largest absolute Gasteiger partial charge is 0.492 e. The fraction of sp³-hybridized carbons (Fsp3) is 0.600. The Morgan fingerprint density at radius 1 is 1.21 bits per heavy atom. The summed E-state index contributed by atoms with van der Waals surface area (Å²) in [7, 11) is 1.73. The van der Waals surface area contributed by atoms with E-state index < -0.39 is 0 Å². The van der Waals surface area contributed by atoms with Gasteiger partial charge in [0.05, 0.1) is 12.3 Å². The van der Waals surface area contributed by atoms with Crippen molar-refractivity contribution in [3.63, 3.8) is 0 Å². The molecular formula is C15H26N2O2. The first kappa shape index (κ1) is 15.8. The molecule has 1 aromatic rings. The molecule has 0 aliphatic rings. The fourth-order valence-electron chi connectivity index (χ4n) is 1.92. The number of nitrogens with one attached hydrogen (secondary N) is 1. The first-order valence-electron chi connectivity index (χ1n) is 6.98. The summed E-state index contributed by atoms with van der Waals surface area (Å²) in [6.07, 6.45) is 3.21. The van der Waals surface area contributed by atoms with Crippen LogP contribution in [0.1, 0.15) is 25.3 Å². The molecule has 0 aromatic heterocycles. The summed E-state index contributed by atoms with van der Waals surface area (Å²) in [6, 6.07) is 6.06. The Bertz CT molecular complexity index is 356. The molecule has 4 heteroatoms. The zero-order chi connectivity index (χ0) is 13.9. The molecule has 0 aliphatic heterocycles. The topological polar surface area (TPSA) is 56.5 Å². The molecule has 0 radical (unpaired) electrons. The Hall–Kier alpha value is -1.26. The lowest BCUT2D eigenvalue weighted by atomic mass is 10.1. The van der Waals surface area contributed by atoms with Crippen molar-refractivity contribution in [2.75, 3.05) is 39.1 Å². The van der Waals surface area contributed by atoms with Gasteiger partial charge in [0, 0.05) is 13.7 Å². The molecule has 19 heavy (non-hydrogen) atoms. The maximum atomic E-state index is 5.94. The van der Waals surface area contributed by atoms with Crippen molar-refractivity contribution in [1.82, 2.24) is 5.32 Å². The Kier molecular flexibility index (Phi) is 8.02. The number of hydrogen-bond donors (Lipinski definition) is 2. The molecule has 0 bridgehead atoms. The van der Waals surface area contributed by atoms with Gasteiger partial charge in [-0.3, -0.25) is 0 Å². The molecule has 0 atom stereocenters. The van der Waals surface area contributed by atoms with Crippen LogP contribution in [-0.4, -0.2) is 33.4 Å². The van der Waals surface area contributed by atoms with Gasteiger partial charge in [0.25, 0.3) is 0 Å². The van der Waals surface area contributed by atoms with Crippen molar-refractivity contribution in [2.45, 2.75) is 26.2 Å². The lowest BCUT2D eigenvalue weighted by molar-refractivity contribution is 0.194. The van der Waals surface area contributed by atoms with E-state index in [0.29, 0.717) is 6.61 Å². The third-order valence-corrected chi connectivity index (χ3v) is 2.90. The van der Waals surface area contributed by atoms with Crippen LogP contribution in [0.15, 0.2) is 18.2 Å². The predicted molar refractivity (Wildman–Crippen MR) is 79.7 cm³/mol. The number of nitrogen functional groups attached to an aromatic ring is 1. The highest BCUT2D eigenvalue weighted by Crippen LogP contribution is 2.22. The molecule has 1 aromatic carbocycles. The second kappa shape index (κ2) is 9.64. The zero-order valence-corrected chi connectivity index (χ0v) is 12.1. The van der Waals surface area contributed by atoms with E-state index in [1.165, 1.54) is 5.56 Å². The van der Waals surface area contributed by atoms with Crippen LogP contribution >= 0.6 is 0 Å². The highest BCUT2D eigenvalue weighted by Gasteiger charge is 2.01. The summed E-state index contributed by atoms with van der Waals surface area (Å²) < 4.78 is 10.4. The summed E-state index contributed by atoms with van der Waals surface area (Å²) in [4.78, 5) is 0. The van der Waals surface area contributed by atoms with Crippen LogP contribution in [0.3, 0.4) is 0 Å². The molecule has 0 heterocycles. The van der Waals surface area contributed by atoms with E-state index in [-0.39, 0.29) is 0 Å². The van der Waals surface area contributed by atoms with Gasteiger partial charge in [-0.05, 0) is 57.0 Å². The van der Waals surface area contributed by atoms with Crippen molar-refractivity contribution in [1.29, 1.82) is 0 Å². The molecule has 0 amide bonds. The Balaban J connectivity index is 2.20. The van der Waals surface area contributed by atoms with Gasteiger partial charge >= 0.3 is 0 Å². The van der Waals surface area contributed by atoms with Crippen molar-refractivity contribution < 1.29 is 9.47 Å². The monoisotopic (exact) mass is 266 g/mol. The average molecular weight is 266 g/mol. The number of methoxy groups -OCH3 is 1. The molecule has 3 N–H and O–H groups in total. The smallest absolute Gasteiger partial charge is 0.142 e. The molecule has 4 nitrogen and oxygen atoms in total. The number of benzene rings is 1. The number of anilines is 1. The number of hydrogen-bond acceptors (Lipinski definition) is 4. The number of rotatable bonds is 10. The van der Waals surface area contributed by atoms with Gasteiger partial charge < -0.3 is 20.5 Å². The van der Waals surface area contributed by atoms with E-state index in [2.05, 4.69) is 11.4 Å². The average Bonchev–Trinajstić information content (AvgIpc) is 2.41. The Morgan fingerprint density at radius 2 is 2.00 bits per heavy atom. The van der Waals surface area contributed by atoms with Crippen molar-refractivity contribution in [2.24, 2.45) is 0 Å². The summed E-state index contributed by atoms with van der Waals surface area (Å²) in [5.41, 5.74) is 7.93. The van der Waals surface area contributed by atoms with Gasteiger partial charge in [-0.2, -0.15) is 0 Å². The Labute approximate surface area is 116 Å². The van der Waals surface area contributed by atoms with Gasteiger partial charge in [0.1, 0.15) is 5.75 Å². The molecule has 0 saturated heterocycles. The molecule has 0 aliphatic carbocycles. The molecule has 0 unspecified atom stereocenters. The van der Waals surface area contributed by atoms with Crippen LogP contribution in [0.5, 0.6) is 5.75 Å². The van der Waals surface area contributed by atoms with E-state index in [1.807, 2.05) is 19.1 Å². The van der Waals surface area contributed by atoms with E-state index >= 15 is 0 Å². The highest BCUT2D eigenvalue weighted by molar-refractivity contribution is 5.54. The molecule has 108 valence electrons. The number of nitrogens with two attached hydrogens (primary N) is 1. The summed E-state index contributed by atoms with van der Waals surface area (Å²) in [5.74, 6) is 0.781. The predicted octanol–water partition coefficient (Wildman–Crippen LogP) is 2.23. The summed E-state index contributed by atoms with van der Waals surface area (Å²) >= 11 is 0. The third kappa shape index (κ3) is 6.45. The van der Waals surface area contributed by atoms with Crippen molar-refractivity contribution >= 4 is 5.69 Å². The summed E-state index contributed by atoms with van der Waals surface area (Å²) in [5, 5.41) is 3.40. The maximum absolute atomic E-state index is 5.94. The first-order valence-corrected chi connectivity index (χ1v) is 6.98. The first-order chi connectivity index (χ1) is 9.27. The summed E-state index contributed by atoms with van der Waals surface area (Å²) in [6.45, 7) is 5.47. The van der Waals surface area contributed by atoms with E-state index in [4.69, 9.17) is 15.2 Å². The van der Waals surface area contributed by atoms with Crippen LogP contribution in [0.4, 0.5) is 5.69 Å². The van der Waals surface area contributed by atoms with Gasteiger partial charge in [-0.1, -0.05) is 6.07 Å². The van der Waals surface area contributed by atoms with Crippen LogP contribution in [0.25, 0.3) is 0 Å². The normalized spacial score (nSPS) is 10.6. The lowest BCUT2D eigenvalue weighted by Gasteiger charge is -2.09. The van der Waals surface area contributed by atoms with Crippen LogP contribution in [0.2, 0.25) is 0 Å². The minimum atomic E-state index is 0.648. The molecule has 0 fully saturated rings. The standard InChI is InChI=1S/C15H26N2O2/c1-3-19-15-8-7-13(12-14(15)16)6-4-9-17-10-5-11-18-2/h7-8,12,17H,3-6,9-11,16H2,1-2H3. The molecule has 0 spiro atoms. The van der Waals surface area contributed by atoms with Crippen LogP contribution in [0, 0.1) is 0 Å².